The summed E-state index contributed by atoms with van der Waals surface area (Å²) < 4.78 is 0. The van der Waals surface area contributed by atoms with Crippen molar-refractivity contribution in [3.05, 3.63) is 29.1 Å². The lowest BCUT2D eigenvalue weighted by Crippen LogP contribution is -2.36. The first-order valence-electron chi connectivity index (χ1n) is 6.58. The van der Waals surface area contributed by atoms with Crippen molar-refractivity contribution in [3.63, 3.8) is 0 Å². The fourth-order valence-electron chi connectivity index (χ4n) is 2.84. The number of fused-ring (bicyclic) bond motifs is 1. The molecule has 1 N–H and O–H groups in total. The summed E-state index contributed by atoms with van der Waals surface area (Å²) in [5, 5.41) is 3.45. The van der Waals surface area contributed by atoms with Crippen LogP contribution in [0.3, 0.4) is 0 Å². The van der Waals surface area contributed by atoms with Gasteiger partial charge in [-0.2, -0.15) is 0 Å². The van der Waals surface area contributed by atoms with Gasteiger partial charge in [0, 0.05) is 19.3 Å². The highest BCUT2D eigenvalue weighted by Crippen LogP contribution is 2.31. The third-order valence-corrected chi connectivity index (χ3v) is 3.66. The highest BCUT2D eigenvalue weighted by molar-refractivity contribution is 5.89. The fraction of sp³-hybridized carbons (Fsp3) is 0.571. The molecule has 98 valence electrons. The lowest BCUT2D eigenvalue weighted by Gasteiger charge is -2.28. The first-order chi connectivity index (χ1) is 8.34. The van der Waals surface area contributed by atoms with Crippen molar-refractivity contribution in [1.82, 2.24) is 10.3 Å². The number of aliphatic imine (C=N–C) groups is 1. The monoisotopic (exact) mass is 265 g/mol. The van der Waals surface area contributed by atoms with E-state index in [1.165, 1.54) is 41.9 Å². The molecule has 3 rings (SSSR count). The predicted octanol–water partition coefficient (Wildman–Crippen LogP) is 2.62. The van der Waals surface area contributed by atoms with Gasteiger partial charge in [-0.3, -0.25) is 9.98 Å². The topological polar surface area (TPSA) is 37.3 Å². The zero-order valence-electron chi connectivity index (χ0n) is 10.8. The van der Waals surface area contributed by atoms with Gasteiger partial charge in [0.1, 0.15) is 5.84 Å². The molecule has 4 heteroatoms. The maximum Gasteiger partial charge on any atom is 0.105 e. The van der Waals surface area contributed by atoms with E-state index in [4.69, 9.17) is 0 Å². The van der Waals surface area contributed by atoms with Gasteiger partial charge in [0.15, 0.2) is 0 Å². The van der Waals surface area contributed by atoms with Gasteiger partial charge in [0.05, 0.1) is 11.6 Å². The maximum atomic E-state index is 4.65. The molecule has 1 aromatic rings. The van der Waals surface area contributed by atoms with E-state index >= 15 is 0 Å². The molecular formula is C14H20ClN3. The average Bonchev–Trinajstić information content (AvgIpc) is 2.39. The molecule has 1 aliphatic heterocycles. The minimum absolute atomic E-state index is 0. The molecule has 0 radical (unpaired) electrons. The summed E-state index contributed by atoms with van der Waals surface area (Å²) in [7, 11) is 0. The summed E-state index contributed by atoms with van der Waals surface area (Å²) in [5.41, 5.74) is 3.95. The minimum Gasteiger partial charge on any atom is -0.373 e. The second-order valence-corrected chi connectivity index (χ2v) is 5.05. The lowest BCUT2D eigenvalue weighted by molar-refractivity contribution is 0.601. The molecule has 3 nitrogen and oxygen atoms in total. The van der Waals surface area contributed by atoms with Gasteiger partial charge in [0.25, 0.3) is 0 Å². The summed E-state index contributed by atoms with van der Waals surface area (Å²) in [6.45, 7) is 4.16. The number of aryl methyl sites for hydroxylation is 2. The second-order valence-electron chi connectivity index (χ2n) is 5.05. The van der Waals surface area contributed by atoms with Crippen LogP contribution in [-0.4, -0.2) is 23.9 Å². The van der Waals surface area contributed by atoms with Crippen LogP contribution >= 0.6 is 12.4 Å². The first-order valence-corrected chi connectivity index (χ1v) is 6.58. The van der Waals surface area contributed by atoms with Crippen molar-refractivity contribution >= 4 is 18.2 Å². The summed E-state index contributed by atoms with van der Waals surface area (Å²) in [6.07, 6.45) is 6.76. The van der Waals surface area contributed by atoms with Gasteiger partial charge in [-0.1, -0.05) is 6.07 Å². The number of halogens is 1. The maximum absolute atomic E-state index is 4.65. The van der Waals surface area contributed by atoms with Crippen molar-refractivity contribution in [2.75, 3.05) is 13.1 Å². The summed E-state index contributed by atoms with van der Waals surface area (Å²) in [6, 6.07) is 2.29. The van der Waals surface area contributed by atoms with Crippen LogP contribution < -0.4 is 5.32 Å². The summed E-state index contributed by atoms with van der Waals surface area (Å²) in [5.74, 6) is 1.59. The number of hydrogen-bond acceptors (Lipinski definition) is 3. The van der Waals surface area contributed by atoms with E-state index in [2.05, 4.69) is 28.3 Å². The van der Waals surface area contributed by atoms with Crippen molar-refractivity contribution in [2.24, 2.45) is 4.99 Å². The van der Waals surface area contributed by atoms with Crippen LogP contribution in [0.5, 0.6) is 0 Å². The molecule has 0 spiro atoms. The molecule has 1 unspecified atom stereocenters. The van der Waals surface area contributed by atoms with Gasteiger partial charge in [-0.05, 0) is 43.7 Å². The van der Waals surface area contributed by atoms with Crippen molar-refractivity contribution in [2.45, 2.75) is 38.5 Å². The van der Waals surface area contributed by atoms with Gasteiger partial charge in [-0.15, -0.1) is 12.4 Å². The largest absolute Gasteiger partial charge is 0.373 e. The van der Waals surface area contributed by atoms with Crippen LogP contribution in [0.2, 0.25) is 0 Å². The Labute approximate surface area is 115 Å². The zero-order chi connectivity index (χ0) is 11.7. The molecule has 0 saturated carbocycles. The molecule has 1 aromatic heterocycles. The van der Waals surface area contributed by atoms with E-state index in [1.807, 2.05) is 6.20 Å². The van der Waals surface area contributed by atoms with Gasteiger partial charge in [-0.25, -0.2) is 0 Å². The summed E-state index contributed by atoms with van der Waals surface area (Å²) >= 11 is 0. The average molecular weight is 266 g/mol. The molecule has 0 bridgehead atoms. The molecule has 2 aliphatic rings. The molecule has 1 aliphatic carbocycles. The van der Waals surface area contributed by atoms with Gasteiger partial charge < -0.3 is 5.32 Å². The number of pyridine rings is 1. The number of amidine groups is 1. The Balaban J connectivity index is 0.00000120. The SMILES string of the molecule is Cc1cnc2c(c1)CCCC2C1=NCCCN1.Cl. The van der Waals surface area contributed by atoms with Gasteiger partial charge in [0.2, 0.25) is 0 Å². The quantitative estimate of drug-likeness (QED) is 0.848. The molecule has 0 amide bonds. The Hall–Kier alpha value is -1.09. The molecule has 0 aromatic carbocycles. The Morgan fingerprint density at radius 1 is 1.33 bits per heavy atom. The standard InChI is InChI=1S/C14H19N3.ClH/c1-10-8-11-4-2-5-12(13(11)17-9-10)14-15-6-3-7-16-14;/h8-9,12H,2-7H2,1H3,(H,15,16);1H. The minimum atomic E-state index is 0. The fourth-order valence-corrected chi connectivity index (χ4v) is 2.84. The molecule has 0 saturated heterocycles. The van der Waals surface area contributed by atoms with E-state index in [0.29, 0.717) is 5.92 Å². The Morgan fingerprint density at radius 2 is 2.22 bits per heavy atom. The number of hydrogen-bond donors (Lipinski definition) is 1. The van der Waals surface area contributed by atoms with Crippen molar-refractivity contribution in [3.8, 4) is 0 Å². The smallest absolute Gasteiger partial charge is 0.105 e. The van der Waals surface area contributed by atoms with E-state index in [-0.39, 0.29) is 12.4 Å². The summed E-state index contributed by atoms with van der Waals surface area (Å²) in [4.78, 5) is 9.29. The van der Waals surface area contributed by atoms with Gasteiger partial charge >= 0.3 is 0 Å². The van der Waals surface area contributed by atoms with Crippen LogP contribution in [0.25, 0.3) is 0 Å². The van der Waals surface area contributed by atoms with Crippen LogP contribution in [0.4, 0.5) is 0 Å². The normalized spacial score (nSPS) is 22.3. The van der Waals surface area contributed by atoms with E-state index < -0.39 is 0 Å². The van der Waals surface area contributed by atoms with Crippen LogP contribution in [-0.2, 0) is 6.42 Å². The molecule has 2 heterocycles. The number of nitrogens with zero attached hydrogens (tertiary/aromatic N) is 2. The molecule has 1 atom stereocenters. The first kappa shape index (κ1) is 13.3. The van der Waals surface area contributed by atoms with Crippen LogP contribution in [0.15, 0.2) is 17.3 Å². The highest BCUT2D eigenvalue weighted by Gasteiger charge is 2.26. The van der Waals surface area contributed by atoms with E-state index in [1.54, 1.807) is 0 Å². The Morgan fingerprint density at radius 3 is 3.00 bits per heavy atom. The zero-order valence-corrected chi connectivity index (χ0v) is 11.6. The second kappa shape index (κ2) is 5.70. The van der Waals surface area contributed by atoms with E-state index in [0.717, 1.165) is 19.5 Å². The van der Waals surface area contributed by atoms with Crippen molar-refractivity contribution < 1.29 is 0 Å². The molecular weight excluding hydrogens is 246 g/mol. The number of rotatable bonds is 1. The number of nitrogens with one attached hydrogen (secondary N) is 1. The molecule has 0 fully saturated rings. The van der Waals surface area contributed by atoms with E-state index in [9.17, 15) is 0 Å². The third-order valence-electron chi connectivity index (χ3n) is 3.66. The highest BCUT2D eigenvalue weighted by atomic mass is 35.5. The predicted molar refractivity (Wildman–Crippen MR) is 76.8 cm³/mol. The Bertz CT molecular complexity index is 456. The Kier molecular flexibility index (Phi) is 4.23. The lowest BCUT2D eigenvalue weighted by atomic mass is 9.85. The third kappa shape index (κ3) is 2.51. The van der Waals surface area contributed by atoms with Crippen molar-refractivity contribution in [1.29, 1.82) is 0 Å². The van der Waals surface area contributed by atoms with Crippen LogP contribution in [0, 0.1) is 6.92 Å². The number of aromatic nitrogens is 1. The molecule has 18 heavy (non-hydrogen) atoms. The van der Waals surface area contributed by atoms with Crippen LogP contribution in [0.1, 0.15) is 42.0 Å².